The van der Waals surface area contributed by atoms with Crippen LogP contribution in [0.2, 0.25) is 0 Å². The van der Waals surface area contributed by atoms with Gasteiger partial charge in [-0.2, -0.15) is 0 Å². The number of aromatic nitrogens is 3. The number of rotatable bonds is 6. The van der Waals surface area contributed by atoms with Crippen LogP contribution in [-0.4, -0.2) is 34.1 Å². The van der Waals surface area contributed by atoms with Gasteiger partial charge in [0.05, 0.1) is 6.61 Å². The number of esters is 1. The topological polar surface area (TPSA) is 79.9 Å². The van der Waals surface area contributed by atoms with Crippen molar-refractivity contribution >= 4 is 22.4 Å². The summed E-state index contributed by atoms with van der Waals surface area (Å²) in [4.78, 5) is 23.9. The highest BCUT2D eigenvalue weighted by Crippen LogP contribution is 2.22. The summed E-state index contributed by atoms with van der Waals surface area (Å²) in [5.74, 6) is 0.557. The van der Waals surface area contributed by atoms with Crippen LogP contribution in [0, 0.1) is 6.92 Å². The molecule has 102 valence electrons. The predicted molar refractivity (Wildman–Crippen MR) is 73.6 cm³/mol. The van der Waals surface area contributed by atoms with Gasteiger partial charge in [-0.1, -0.05) is 0 Å². The Morgan fingerprint density at radius 3 is 3.11 bits per heavy atom. The molecule has 0 saturated heterocycles. The van der Waals surface area contributed by atoms with E-state index in [9.17, 15) is 4.79 Å². The van der Waals surface area contributed by atoms with E-state index in [2.05, 4.69) is 20.3 Å². The summed E-state index contributed by atoms with van der Waals surface area (Å²) in [6.45, 7) is 4.71. The quantitative estimate of drug-likeness (QED) is 0.791. The SMILES string of the molecule is CCOC(=O)c1nc(NCCc2ncc[nH]2)sc1C. The Morgan fingerprint density at radius 1 is 1.58 bits per heavy atom. The molecule has 0 unspecified atom stereocenters. The van der Waals surface area contributed by atoms with E-state index < -0.39 is 0 Å². The Balaban J connectivity index is 1.90. The number of carbonyl (C=O) groups is 1. The molecule has 0 aromatic carbocycles. The number of thiazole rings is 1. The molecule has 0 amide bonds. The molecule has 0 fully saturated rings. The molecule has 19 heavy (non-hydrogen) atoms. The molecule has 0 aliphatic carbocycles. The van der Waals surface area contributed by atoms with Crippen molar-refractivity contribution < 1.29 is 9.53 Å². The van der Waals surface area contributed by atoms with Gasteiger partial charge in [-0.15, -0.1) is 11.3 Å². The van der Waals surface area contributed by atoms with Crippen molar-refractivity contribution in [2.75, 3.05) is 18.5 Å². The number of hydrogen-bond acceptors (Lipinski definition) is 6. The van der Waals surface area contributed by atoms with Gasteiger partial charge in [0, 0.05) is 30.2 Å². The van der Waals surface area contributed by atoms with Crippen LogP contribution < -0.4 is 5.32 Å². The van der Waals surface area contributed by atoms with E-state index in [4.69, 9.17) is 4.74 Å². The minimum Gasteiger partial charge on any atom is -0.461 e. The van der Waals surface area contributed by atoms with Gasteiger partial charge >= 0.3 is 5.97 Å². The van der Waals surface area contributed by atoms with Gasteiger partial charge in [0.1, 0.15) is 5.82 Å². The number of H-pyrrole nitrogens is 1. The lowest BCUT2D eigenvalue weighted by Crippen LogP contribution is -2.08. The Bertz CT molecular complexity index is 536. The first kappa shape index (κ1) is 13.5. The third-order valence-electron chi connectivity index (χ3n) is 2.46. The summed E-state index contributed by atoms with van der Waals surface area (Å²) < 4.78 is 4.95. The Kier molecular flexibility index (Phi) is 4.51. The van der Waals surface area contributed by atoms with Gasteiger partial charge in [-0.3, -0.25) is 0 Å². The molecule has 0 aliphatic heterocycles. The lowest BCUT2D eigenvalue weighted by Gasteiger charge is -2.00. The largest absolute Gasteiger partial charge is 0.461 e. The highest BCUT2D eigenvalue weighted by molar-refractivity contribution is 7.15. The molecule has 2 rings (SSSR count). The van der Waals surface area contributed by atoms with Crippen molar-refractivity contribution in [1.82, 2.24) is 15.0 Å². The van der Waals surface area contributed by atoms with Gasteiger partial charge < -0.3 is 15.0 Å². The minimum absolute atomic E-state index is 0.358. The van der Waals surface area contributed by atoms with Crippen LogP contribution >= 0.6 is 11.3 Å². The van der Waals surface area contributed by atoms with Crippen molar-refractivity contribution in [3.8, 4) is 0 Å². The van der Waals surface area contributed by atoms with E-state index in [1.54, 1.807) is 19.3 Å². The number of aromatic amines is 1. The van der Waals surface area contributed by atoms with Crippen molar-refractivity contribution in [2.24, 2.45) is 0 Å². The first-order valence-corrected chi connectivity index (χ1v) is 6.89. The zero-order valence-corrected chi connectivity index (χ0v) is 11.7. The van der Waals surface area contributed by atoms with Gasteiger partial charge in [0.25, 0.3) is 0 Å². The second-order valence-electron chi connectivity index (χ2n) is 3.86. The molecular formula is C12H16N4O2S. The lowest BCUT2D eigenvalue weighted by atomic mass is 10.4. The number of aryl methyl sites for hydroxylation is 1. The number of nitrogens with one attached hydrogen (secondary N) is 2. The molecule has 2 aromatic rings. The highest BCUT2D eigenvalue weighted by atomic mass is 32.1. The molecule has 0 aliphatic rings. The Labute approximate surface area is 115 Å². The molecule has 0 bridgehead atoms. The molecule has 7 heteroatoms. The molecule has 2 heterocycles. The first-order valence-electron chi connectivity index (χ1n) is 6.07. The van der Waals surface area contributed by atoms with Gasteiger partial charge in [-0.25, -0.2) is 14.8 Å². The van der Waals surface area contributed by atoms with E-state index in [0.717, 1.165) is 22.3 Å². The number of carbonyl (C=O) groups excluding carboxylic acids is 1. The van der Waals surface area contributed by atoms with Crippen LogP contribution in [0.1, 0.15) is 28.1 Å². The average molecular weight is 280 g/mol. The van der Waals surface area contributed by atoms with E-state index in [-0.39, 0.29) is 5.97 Å². The molecule has 0 radical (unpaired) electrons. The third-order valence-corrected chi connectivity index (χ3v) is 3.39. The average Bonchev–Trinajstić information content (AvgIpc) is 2.99. The van der Waals surface area contributed by atoms with Crippen LogP contribution in [0.15, 0.2) is 12.4 Å². The lowest BCUT2D eigenvalue weighted by molar-refractivity contribution is 0.0519. The van der Waals surface area contributed by atoms with E-state index >= 15 is 0 Å². The summed E-state index contributed by atoms with van der Waals surface area (Å²) in [7, 11) is 0. The van der Waals surface area contributed by atoms with Gasteiger partial charge in [0.15, 0.2) is 10.8 Å². The zero-order chi connectivity index (χ0) is 13.7. The molecule has 0 saturated carbocycles. The van der Waals surface area contributed by atoms with Crippen LogP contribution in [0.3, 0.4) is 0 Å². The van der Waals surface area contributed by atoms with Gasteiger partial charge in [0.2, 0.25) is 0 Å². The van der Waals surface area contributed by atoms with E-state index in [1.807, 2.05) is 6.92 Å². The fourth-order valence-electron chi connectivity index (χ4n) is 1.58. The number of imidazole rings is 1. The maximum absolute atomic E-state index is 11.6. The normalized spacial score (nSPS) is 10.4. The van der Waals surface area contributed by atoms with Crippen LogP contribution in [0.4, 0.5) is 5.13 Å². The number of nitrogens with zero attached hydrogens (tertiary/aromatic N) is 2. The molecule has 6 nitrogen and oxygen atoms in total. The minimum atomic E-state index is -0.365. The summed E-state index contributed by atoms with van der Waals surface area (Å²) in [5.41, 5.74) is 0.396. The molecular weight excluding hydrogens is 264 g/mol. The number of ether oxygens (including phenoxy) is 1. The molecule has 2 N–H and O–H groups in total. The van der Waals surface area contributed by atoms with Crippen molar-refractivity contribution in [2.45, 2.75) is 20.3 Å². The summed E-state index contributed by atoms with van der Waals surface area (Å²) in [5, 5.41) is 3.91. The smallest absolute Gasteiger partial charge is 0.358 e. The van der Waals surface area contributed by atoms with E-state index in [0.29, 0.717) is 18.8 Å². The molecule has 2 aromatic heterocycles. The zero-order valence-electron chi connectivity index (χ0n) is 10.9. The highest BCUT2D eigenvalue weighted by Gasteiger charge is 2.16. The van der Waals surface area contributed by atoms with Crippen LogP contribution in [-0.2, 0) is 11.2 Å². The fraction of sp³-hybridized carbons (Fsp3) is 0.417. The maximum Gasteiger partial charge on any atom is 0.358 e. The molecule has 0 atom stereocenters. The predicted octanol–water partition coefficient (Wildman–Crippen LogP) is 2.01. The van der Waals surface area contributed by atoms with Crippen molar-refractivity contribution in [3.05, 3.63) is 28.8 Å². The Hall–Kier alpha value is -1.89. The van der Waals surface area contributed by atoms with Crippen molar-refractivity contribution in [3.63, 3.8) is 0 Å². The standard InChI is InChI=1S/C12H16N4O2S/c1-3-18-11(17)10-8(2)19-12(16-10)15-5-4-9-13-6-7-14-9/h6-7H,3-5H2,1-2H3,(H,13,14)(H,15,16). The molecule has 0 spiro atoms. The third kappa shape index (κ3) is 3.54. The summed E-state index contributed by atoms with van der Waals surface area (Å²) in [6.07, 6.45) is 4.30. The maximum atomic E-state index is 11.6. The summed E-state index contributed by atoms with van der Waals surface area (Å²) >= 11 is 1.45. The second kappa shape index (κ2) is 6.33. The second-order valence-corrected chi connectivity index (χ2v) is 5.06. The van der Waals surface area contributed by atoms with Gasteiger partial charge in [-0.05, 0) is 13.8 Å². The number of anilines is 1. The fourth-order valence-corrected chi connectivity index (χ4v) is 2.41. The van der Waals surface area contributed by atoms with Crippen LogP contribution in [0.25, 0.3) is 0 Å². The van der Waals surface area contributed by atoms with Crippen LogP contribution in [0.5, 0.6) is 0 Å². The van der Waals surface area contributed by atoms with Crippen molar-refractivity contribution in [1.29, 1.82) is 0 Å². The monoisotopic (exact) mass is 280 g/mol. The van der Waals surface area contributed by atoms with E-state index in [1.165, 1.54) is 11.3 Å². The Morgan fingerprint density at radius 2 is 2.42 bits per heavy atom. The number of hydrogen-bond donors (Lipinski definition) is 2. The first-order chi connectivity index (χ1) is 9.20. The summed E-state index contributed by atoms with van der Waals surface area (Å²) in [6, 6.07) is 0.